The van der Waals surface area contributed by atoms with Gasteiger partial charge >= 0.3 is 6.03 Å². The third-order valence-electron chi connectivity index (χ3n) is 7.18. The highest BCUT2D eigenvalue weighted by atomic mass is 16.5. The summed E-state index contributed by atoms with van der Waals surface area (Å²) in [5.41, 5.74) is 2.20. The molecule has 6 heteroatoms. The van der Waals surface area contributed by atoms with Crippen molar-refractivity contribution in [2.24, 2.45) is 0 Å². The topological polar surface area (TPSA) is 54.0 Å². The van der Waals surface area contributed by atoms with Crippen LogP contribution in [0.1, 0.15) is 36.8 Å². The van der Waals surface area contributed by atoms with Gasteiger partial charge in [0.25, 0.3) is 0 Å². The fraction of sp³-hybridized carbons (Fsp3) is 0.480. The highest BCUT2D eigenvalue weighted by Gasteiger charge is 2.50. The normalized spacial score (nSPS) is 25.7. The summed E-state index contributed by atoms with van der Waals surface area (Å²) in [5, 5.41) is 3.33. The molecule has 2 aromatic carbocycles. The van der Waals surface area contributed by atoms with Gasteiger partial charge in [0.1, 0.15) is 11.5 Å². The van der Waals surface area contributed by atoms with Gasteiger partial charge in [-0.1, -0.05) is 24.3 Å². The summed E-state index contributed by atoms with van der Waals surface area (Å²) < 4.78 is 10.7. The zero-order valence-electron chi connectivity index (χ0n) is 19.0. The molecule has 1 saturated heterocycles. The van der Waals surface area contributed by atoms with Crippen molar-refractivity contribution in [3.63, 3.8) is 0 Å². The molecule has 1 aliphatic heterocycles. The lowest BCUT2D eigenvalue weighted by Gasteiger charge is -2.48. The van der Waals surface area contributed by atoms with Crippen molar-refractivity contribution in [3.05, 3.63) is 59.7 Å². The maximum absolute atomic E-state index is 12.8. The van der Waals surface area contributed by atoms with E-state index < -0.39 is 0 Å². The second-order valence-corrected chi connectivity index (χ2v) is 9.07. The molecule has 4 rings (SSSR count). The van der Waals surface area contributed by atoms with Crippen molar-refractivity contribution in [2.75, 3.05) is 34.9 Å². The average molecular weight is 424 g/mol. The Labute approximate surface area is 185 Å². The molecule has 2 amide bonds. The minimum Gasteiger partial charge on any atom is -0.497 e. The number of benzene rings is 2. The molecule has 0 unspecified atom stereocenters. The molecule has 1 aliphatic carbocycles. The predicted octanol–water partition coefficient (Wildman–Crippen LogP) is 4.00. The monoisotopic (exact) mass is 423 g/mol. The molecule has 2 fully saturated rings. The average Bonchev–Trinajstić information content (AvgIpc) is 3.09. The first-order valence-electron chi connectivity index (χ1n) is 10.9. The second-order valence-electron chi connectivity index (χ2n) is 9.07. The van der Waals surface area contributed by atoms with E-state index in [2.05, 4.69) is 42.5 Å². The fourth-order valence-electron chi connectivity index (χ4n) is 5.19. The first-order valence-corrected chi connectivity index (χ1v) is 10.9. The first kappa shape index (κ1) is 21.5. The van der Waals surface area contributed by atoms with Gasteiger partial charge in [0, 0.05) is 18.6 Å². The van der Waals surface area contributed by atoms with E-state index in [-0.39, 0.29) is 17.1 Å². The van der Waals surface area contributed by atoms with E-state index in [1.165, 1.54) is 5.56 Å². The molecule has 2 aromatic rings. The summed E-state index contributed by atoms with van der Waals surface area (Å²) in [5.74, 6) is 1.72. The molecule has 1 saturated carbocycles. The highest BCUT2D eigenvalue weighted by Crippen LogP contribution is 2.46. The number of nitrogens with one attached hydrogen (secondary N) is 1. The Hall–Kier alpha value is -2.73. The number of methoxy groups -OCH3 is 2. The minimum atomic E-state index is -0.151. The Bertz CT molecular complexity index is 918. The van der Waals surface area contributed by atoms with E-state index in [0.29, 0.717) is 6.54 Å². The van der Waals surface area contributed by atoms with Gasteiger partial charge in [0.15, 0.2) is 0 Å². The quantitative estimate of drug-likeness (QED) is 0.763. The Morgan fingerprint density at radius 2 is 1.65 bits per heavy atom. The predicted molar refractivity (Wildman–Crippen MR) is 121 cm³/mol. The zero-order valence-corrected chi connectivity index (χ0v) is 19.0. The van der Waals surface area contributed by atoms with E-state index in [9.17, 15) is 4.79 Å². The molecule has 0 aromatic heterocycles. The van der Waals surface area contributed by atoms with Crippen molar-refractivity contribution in [3.8, 4) is 11.5 Å². The van der Waals surface area contributed by atoms with Crippen LogP contribution in [0.15, 0.2) is 48.5 Å². The lowest BCUT2D eigenvalue weighted by molar-refractivity contribution is 0.0616. The van der Waals surface area contributed by atoms with Crippen LogP contribution < -0.4 is 14.8 Å². The first-order chi connectivity index (χ1) is 14.9. The van der Waals surface area contributed by atoms with Gasteiger partial charge in [-0.25, -0.2) is 4.79 Å². The van der Waals surface area contributed by atoms with Gasteiger partial charge in [-0.3, -0.25) is 4.90 Å². The van der Waals surface area contributed by atoms with Gasteiger partial charge in [-0.15, -0.1) is 0 Å². The van der Waals surface area contributed by atoms with Crippen LogP contribution in [0.5, 0.6) is 11.5 Å². The van der Waals surface area contributed by atoms with E-state index in [4.69, 9.17) is 9.47 Å². The van der Waals surface area contributed by atoms with Gasteiger partial charge in [-0.05, 0) is 75.2 Å². The van der Waals surface area contributed by atoms with Crippen LogP contribution in [0.3, 0.4) is 0 Å². The van der Waals surface area contributed by atoms with Crippen molar-refractivity contribution >= 4 is 6.03 Å². The van der Waals surface area contributed by atoms with Crippen LogP contribution in [0.2, 0.25) is 0 Å². The summed E-state index contributed by atoms with van der Waals surface area (Å²) >= 11 is 0. The summed E-state index contributed by atoms with van der Waals surface area (Å²) in [4.78, 5) is 17.1. The molecule has 166 valence electrons. The van der Waals surface area contributed by atoms with Crippen LogP contribution in [0.25, 0.3) is 0 Å². The largest absolute Gasteiger partial charge is 0.497 e. The van der Waals surface area contributed by atoms with Gasteiger partial charge in [0.05, 0.1) is 19.8 Å². The standard InChI is InChI=1S/C25H33N3O3/c1-27(2)25(20-6-5-7-22(16-20)31-4)14-12-24(13-15-25)18-28(23(29)26-24)17-19-8-10-21(30-3)11-9-19/h5-11,16H,12-15,17-18H2,1-4H3,(H,26,29). The Morgan fingerprint density at radius 3 is 2.26 bits per heavy atom. The third-order valence-corrected chi connectivity index (χ3v) is 7.18. The second kappa shape index (κ2) is 8.42. The third kappa shape index (κ3) is 4.09. The lowest BCUT2D eigenvalue weighted by Crippen LogP contribution is -2.54. The molecular formula is C25H33N3O3. The van der Waals surface area contributed by atoms with Crippen LogP contribution in [0.4, 0.5) is 4.79 Å². The SMILES string of the molecule is COc1ccc(CN2CC3(CCC(c4cccc(OC)c4)(N(C)C)CC3)NC2=O)cc1. The number of carbonyl (C=O) groups is 1. The van der Waals surface area contributed by atoms with Crippen molar-refractivity contribution < 1.29 is 14.3 Å². The summed E-state index contributed by atoms with van der Waals surface area (Å²) in [7, 11) is 7.68. The van der Waals surface area contributed by atoms with Gasteiger partial charge < -0.3 is 19.7 Å². The summed E-state index contributed by atoms with van der Waals surface area (Å²) in [6.07, 6.45) is 3.88. The van der Waals surface area contributed by atoms with E-state index in [1.807, 2.05) is 35.2 Å². The Balaban J connectivity index is 1.47. The lowest BCUT2D eigenvalue weighted by atomic mass is 9.69. The van der Waals surface area contributed by atoms with Gasteiger partial charge in [-0.2, -0.15) is 0 Å². The zero-order chi connectivity index (χ0) is 22.1. The smallest absolute Gasteiger partial charge is 0.318 e. The molecule has 1 N–H and O–H groups in total. The van der Waals surface area contributed by atoms with E-state index >= 15 is 0 Å². The number of nitrogens with zero attached hydrogens (tertiary/aromatic N) is 2. The molecule has 2 aliphatic rings. The van der Waals surface area contributed by atoms with Crippen LogP contribution >= 0.6 is 0 Å². The number of rotatable bonds is 6. The van der Waals surface area contributed by atoms with Crippen LogP contribution in [0, 0.1) is 0 Å². The van der Waals surface area contributed by atoms with E-state index in [1.54, 1.807) is 14.2 Å². The maximum Gasteiger partial charge on any atom is 0.318 e. The van der Waals surface area contributed by atoms with Crippen molar-refractivity contribution in [1.82, 2.24) is 15.1 Å². The number of amides is 2. The Morgan fingerprint density at radius 1 is 0.968 bits per heavy atom. The molecule has 0 bridgehead atoms. The van der Waals surface area contributed by atoms with Crippen LogP contribution in [-0.2, 0) is 12.1 Å². The molecule has 1 heterocycles. The molecular weight excluding hydrogens is 390 g/mol. The molecule has 0 atom stereocenters. The number of urea groups is 1. The van der Waals surface area contributed by atoms with E-state index in [0.717, 1.165) is 49.3 Å². The number of hydrogen-bond acceptors (Lipinski definition) is 4. The molecule has 0 radical (unpaired) electrons. The maximum atomic E-state index is 12.8. The summed E-state index contributed by atoms with van der Waals surface area (Å²) in [6, 6.07) is 16.4. The number of ether oxygens (including phenoxy) is 2. The molecule has 1 spiro atoms. The van der Waals surface area contributed by atoms with Crippen molar-refractivity contribution in [2.45, 2.75) is 43.3 Å². The molecule has 31 heavy (non-hydrogen) atoms. The Kier molecular flexibility index (Phi) is 5.84. The van der Waals surface area contributed by atoms with Crippen LogP contribution in [-0.4, -0.2) is 56.2 Å². The summed E-state index contributed by atoms with van der Waals surface area (Å²) in [6.45, 7) is 1.37. The number of hydrogen-bond donors (Lipinski definition) is 1. The number of carbonyl (C=O) groups excluding carboxylic acids is 1. The van der Waals surface area contributed by atoms with Crippen molar-refractivity contribution in [1.29, 1.82) is 0 Å². The highest BCUT2D eigenvalue weighted by molar-refractivity contribution is 5.78. The fourth-order valence-corrected chi connectivity index (χ4v) is 5.19. The molecule has 6 nitrogen and oxygen atoms in total. The minimum absolute atomic E-state index is 0.0366. The van der Waals surface area contributed by atoms with Gasteiger partial charge in [0.2, 0.25) is 0 Å².